The van der Waals surface area contributed by atoms with Gasteiger partial charge in [-0.15, -0.1) is 0 Å². The molecule has 152 valence electrons. The van der Waals surface area contributed by atoms with Crippen molar-refractivity contribution in [1.82, 2.24) is 9.78 Å². The molecule has 0 radical (unpaired) electrons. The van der Waals surface area contributed by atoms with Gasteiger partial charge in [-0.3, -0.25) is 9.59 Å². The fourth-order valence-corrected chi connectivity index (χ4v) is 2.68. The predicted molar refractivity (Wildman–Crippen MR) is 98.6 cm³/mol. The summed E-state index contributed by atoms with van der Waals surface area (Å²) in [6.45, 7) is 1.49. The van der Waals surface area contributed by atoms with E-state index in [0.29, 0.717) is 12.1 Å². The molecule has 3 aromatic rings. The summed E-state index contributed by atoms with van der Waals surface area (Å²) >= 11 is 0. The molecular formula is C20H12F4N4O2. The maximum atomic E-state index is 14.1. The Morgan fingerprint density at radius 3 is 2.50 bits per heavy atom. The lowest BCUT2D eigenvalue weighted by Crippen LogP contribution is -2.27. The first kappa shape index (κ1) is 20.7. The molecule has 3 rings (SSSR count). The molecule has 0 unspecified atom stereocenters. The van der Waals surface area contributed by atoms with Crippen LogP contribution in [0.2, 0.25) is 0 Å². The van der Waals surface area contributed by atoms with E-state index in [1.54, 1.807) is 12.1 Å². The summed E-state index contributed by atoms with van der Waals surface area (Å²) in [6, 6.07) is 10.4. The van der Waals surface area contributed by atoms with Crippen molar-refractivity contribution in [3.8, 4) is 11.8 Å². The lowest BCUT2D eigenvalue weighted by atomic mass is 10.1. The summed E-state index contributed by atoms with van der Waals surface area (Å²) in [7, 11) is 0. The number of benzene rings is 2. The van der Waals surface area contributed by atoms with Crippen LogP contribution in [0.3, 0.4) is 0 Å². The Morgan fingerprint density at radius 2 is 1.87 bits per heavy atom. The van der Waals surface area contributed by atoms with E-state index < -0.39 is 40.2 Å². The minimum absolute atomic E-state index is 0.00343. The monoisotopic (exact) mass is 416 g/mol. The van der Waals surface area contributed by atoms with Gasteiger partial charge in [0.05, 0.1) is 16.8 Å². The second-order valence-electron chi connectivity index (χ2n) is 6.19. The van der Waals surface area contributed by atoms with E-state index in [2.05, 4.69) is 10.4 Å². The van der Waals surface area contributed by atoms with Gasteiger partial charge >= 0.3 is 6.18 Å². The maximum Gasteiger partial charge on any atom is 0.416 e. The van der Waals surface area contributed by atoms with Crippen LogP contribution in [0, 0.1) is 24.1 Å². The molecule has 1 N–H and O–H groups in total. The van der Waals surface area contributed by atoms with Crippen LogP contribution in [0.15, 0.2) is 53.3 Å². The zero-order valence-electron chi connectivity index (χ0n) is 15.3. The Morgan fingerprint density at radius 1 is 1.17 bits per heavy atom. The summed E-state index contributed by atoms with van der Waals surface area (Å²) in [5.41, 5.74) is -2.87. The van der Waals surface area contributed by atoms with Crippen molar-refractivity contribution >= 4 is 11.6 Å². The molecule has 1 aromatic heterocycles. The van der Waals surface area contributed by atoms with Crippen molar-refractivity contribution in [3.63, 3.8) is 0 Å². The number of hydrogen-bond donors (Lipinski definition) is 1. The fraction of sp³-hybridized carbons (Fsp3) is 0.100. The van der Waals surface area contributed by atoms with Crippen LogP contribution in [-0.4, -0.2) is 15.7 Å². The molecule has 6 nitrogen and oxygen atoms in total. The topological polar surface area (TPSA) is 87.8 Å². The van der Waals surface area contributed by atoms with Gasteiger partial charge in [-0.05, 0) is 37.3 Å². The van der Waals surface area contributed by atoms with Crippen molar-refractivity contribution < 1.29 is 22.4 Å². The third-order valence-electron chi connectivity index (χ3n) is 4.12. The molecule has 30 heavy (non-hydrogen) atoms. The smallest absolute Gasteiger partial charge is 0.319 e. The number of nitriles is 1. The summed E-state index contributed by atoms with van der Waals surface area (Å²) in [5.74, 6) is -1.70. The molecule has 1 heterocycles. The van der Waals surface area contributed by atoms with E-state index in [4.69, 9.17) is 5.26 Å². The Balaban J connectivity index is 2.01. The van der Waals surface area contributed by atoms with Crippen LogP contribution >= 0.6 is 0 Å². The largest absolute Gasteiger partial charge is 0.416 e. The van der Waals surface area contributed by atoms with Crippen LogP contribution in [0.5, 0.6) is 0 Å². The first-order valence-corrected chi connectivity index (χ1v) is 8.40. The van der Waals surface area contributed by atoms with Gasteiger partial charge in [-0.25, -0.2) is 9.07 Å². The quantitative estimate of drug-likeness (QED) is 0.658. The predicted octanol–water partition coefficient (Wildman–Crippen LogP) is 3.82. The number of hydrogen-bond acceptors (Lipinski definition) is 4. The molecule has 0 atom stereocenters. The number of aryl methyl sites for hydroxylation is 1. The Bertz CT molecular complexity index is 1240. The molecule has 0 aliphatic heterocycles. The zero-order chi connectivity index (χ0) is 22.1. The van der Waals surface area contributed by atoms with Crippen LogP contribution in [0.4, 0.5) is 23.2 Å². The third-order valence-corrected chi connectivity index (χ3v) is 4.12. The minimum Gasteiger partial charge on any atom is -0.319 e. The summed E-state index contributed by atoms with van der Waals surface area (Å²) in [6.07, 6.45) is -4.67. The second kappa shape index (κ2) is 7.79. The van der Waals surface area contributed by atoms with Crippen LogP contribution < -0.4 is 10.7 Å². The average molecular weight is 416 g/mol. The number of aromatic nitrogens is 2. The molecular weight excluding hydrogens is 404 g/mol. The number of nitrogens with one attached hydrogen (secondary N) is 1. The molecule has 1 amide bonds. The van der Waals surface area contributed by atoms with Crippen molar-refractivity contribution in [2.75, 3.05) is 5.32 Å². The van der Waals surface area contributed by atoms with Gasteiger partial charge in [0.1, 0.15) is 17.6 Å². The van der Waals surface area contributed by atoms with Gasteiger partial charge in [-0.1, -0.05) is 12.1 Å². The number of para-hydroxylation sites is 1. The highest BCUT2D eigenvalue weighted by molar-refractivity contribution is 6.03. The summed E-state index contributed by atoms with van der Waals surface area (Å²) in [4.78, 5) is 24.8. The standard InChI is InChI=1S/C20H12F4N4O2/c1-11-8-17(29)18(27-28(11)16-5-3-2-4-14(16)21)19(30)26-15-7-6-13(20(22,23)24)9-12(15)10-25/h2-9H,1H3,(H,26,30). The van der Waals surface area contributed by atoms with Crippen LogP contribution in [0.1, 0.15) is 27.3 Å². The van der Waals surface area contributed by atoms with E-state index in [1.165, 1.54) is 25.1 Å². The Labute approximate surface area is 167 Å². The zero-order valence-corrected chi connectivity index (χ0v) is 15.3. The molecule has 0 fully saturated rings. The Hall–Kier alpha value is -4.00. The minimum atomic E-state index is -4.67. The van der Waals surface area contributed by atoms with Gasteiger partial charge in [0, 0.05) is 11.8 Å². The third kappa shape index (κ3) is 4.05. The average Bonchev–Trinajstić information content (AvgIpc) is 2.68. The molecule has 0 saturated heterocycles. The van der Waals surface area contributed by atoms with Gasteiger partial charge in [-0.2, -0.15) is 23.5 Å². The molecule has 2 aromatic carbocycles. The van der Waals surface area contributed by atoms with E-state index in [0.717, 1.165) is 16.8 Å². The first-order chi connectivity index (χ1) is 14.1. The van der Waals surface area contributed by atoms with E-state index in [9.17, 15) is 27.2 Å². The fourth-order valence-electron chi connectivity index (χ4n) is 2.68. The number of alkyl halides is 3. The van der Waals surface area contributed by atoms with Crippen molar-refractivity contribution in [1.29, 1.82) is 5.26 Å². The lowest BCUT2D eigenvalue weighted by Gasteiger charge is -2.13. The van der Waals surface area contributed by atoms with Crippen LogP contribution in [-0.2, 0) is 6.18 Å². The Kier molecular flexibility index (Phi) is 5.38. The van der Waals surface area contributed by atoms with E-state index in [-0.39, 0.29) is 17.1 Å². The summed E-state index contributed by atoms with van der Waals surface area (Å²) < 4.78 is 53.6. The van der Waals surface area contributed by atoms with E-state index in [1.807, 2.05) is 0 Å². The summed E-state index contributed by atoms with van der Waals surface area (Å²) in [5, 5.41) is 15.2. The lowest BCUT2D eigenvalue weighted by molar-refractivity contribution is -0.137. The van der Waals surface area contributed by atoms with E-state index >= 15 is 0 Å². The van der Waals surface area contributed by atoms with Gasteiger partial charge in [0.25, 0.3) is 5.91 Å². The number of nitrogens with zero attached hydrogens (tertiary/aromatic N) is 3. The van der Waals surface area contributed by atoms with Crippen LogP contribution in [0.25, 0.3) is 5.69 Å². The number of carbonyl (C=O) groups is 1. The number of anilines is 1. The number of halogens is 4. The normalized spacial score (nSPS) is 11.1. The highest BCUT2D eigenvalue weighted by atomic mass is 19.4. The van der Waals surface area contributed by atoms with Crippen molar-refractivity contribution in [2.45, 2.75) is 13.1 Å². The van der Waals surface area contributed by atoms with Gasteiger partial charge < -0.3 is 5.32 Å². The molecule has 10 heteroatoms. The van der Waals surface area contributed by atoms with Gasteiger partial charge in [0.15, 0.2) is 5.69 Å². The van der Waals surface area contributed by atoms with Crippen molar-refractivity contribution in [2.24, 2.45) is 0 Å². The molecule has 0 aliphatic carbocycles. The van der Waals surface area contributed by atoms with Gasteiger partial charge in [0.2, 0.25) is 5.43 Å². The maximum absolute atomic E-state index is 14.1. The molecule has 0 saturated carbocycles. The second-order valence-corrected chi connectivity index (χ2v) is 6.19. The number of rotatable bonds is 3. The van der Waals surface area contributed by atoms with Crippen molar-refractivity contribution in [3.05, 3.63) is 87.1 Å². The highest BCUT2D eigenvalue weighted by Gasteiger charge is 2.31. The molecule has 0 spiro atoms. The highest BCUT2D eigenvalue weighted by Crippen LogP contribution is 2.31. The SMILES string of the molecule is Cc1cc(=O)c(C(=O)Nc2ccc(C(F)(F)F)cc2C#N)nn1-c1ccccc1F. The molecule has 0 bridgehead atoms. The first-order valence-electron chi connectivity index (χ1n) is 8.40. The number of carbonyl (C=O) groups excluding carboxylic acids is 1. The number of amides is 1. The molecule has 0 aliphatic rings.